The van der Waals surface area contributed by atoms with Gasteiger partial charge in [0.1, 0.15) is 11.3 Å². The van der Waals surface area contributed by atoms with E-state index >= 15 is 0 Å². The highest BCUT2D eigenvalue weighted by Crippen LogP contribution is 2.53. The highest BCUT2D eigenvalue weighted by atomic mass is 16.5. The molecule has 3 unspecified atom stereocenters. The van der Waals surface area contributed by atoms with Crippen LogP contribution in [0.1, 0.15) is 22.6 Å². The number of methoxy groups -OCH3 is 2. The molecule has 1 amide bonds. The van der Waals surface area contributed by atoms with E-state index in [4.69, 9.17) is 9.47 Å². The molecule has 9 heteroatoms. The van der Waals surface area contributed by atoms with E-state index in [1.54, 1.807) is 30.3 Å². The Hall–Kier alpha value is -5.54. The summed E-state index contributed by atoms with van der Waals surface area (Å²) in [6.45, 7) is 0.151. The SMILES string of the molecule is COc1cc(C=CC(O)=CC(=O)C2CNC3(C(=O)Nc4ccc(-c5ccccc5)cc43)C2c2ccc(O)c(OC)c2)ccc1O. The first-order chi connectivity index (χ1) is 21.7. The zero-order valence-electron chi connectivity index (χ0n) is 24.7. The molecule has 0 aromatic heterocycles. The van der Waals surface area contributed by atoms with Crippen molar-refractivity contribution in [2.75, 3.05) is 26.1 Å². The van der Waals surface area contributed by atoms with Crippen LogP contribution < -0.4 is 20.1 Å². The molecule has 4 aromatic carbocycles. The van der Waals surface area contributed by atoms with Gasteiger partial charge in [-0.1, -0.05) is 54.6 Å². The number of fused-ring (bicyclic) bond motifs is 2. The number of hydrogen-bond acceptors (Lipinski definition) is 8. The predicted molar refractivity (Wildman–Crippen MR) is 170 cm³/mol. The number of phenolic OH excluding ortho intramolecular Hbond substituents is 2. The van der Waals surface area contributed by atoms with Crippen LogP contribution in [0.5, 0.6) is 23.0 Å². The topological polar surface area (TPSA) is 137 Å². The van der Waals surface area contributed by atoms with Crippen LogP contribution in [0.15, 0.2) is 103 Å². The highest BCUT2D eigenvalue weighted by Gasteiger charge is 2.60. The number of benzene rings is 4. The summed E-state index contributed by atoms with van der Waals surface area (Å²) in [5.74, 6) is -2.05. The molecule has 9 nitrogen and oxygen atoms in total. The average Bonchev–Trinajstić information content (AvgIpc) is 3.59. The lowest BCUT2D eigenvalue weighted by molar-refractivity contribution is -0.122. The van der Waals surface area contributed by atoms with Gasteiger partial charge in [0.2, 0.25) is 5.91 Å². The van der Waals surface area contributed by atoms with Crippen LogP contribution in [0.3, 0.4) is 0 Å². The fraction of sp³-hybridized carbons (Fsp3) is 0.167. The Balaban J connectivity index is 1.41. The van der Waals surface area contributed by atoms with Gasteiger partial charge in [0, 0.05) is 35.7 Å². The summed E-state index contributed by atoms with van der Waals surface area (Å²) < 4.78 is 10.5. The van der Waals surface area contributed by atoms with Gasteiger partial charge in [-0.05, 0) is 64.7 Å². The quantitative estimate of drug-likeness (QED) is 0.0988. The number of allylic oxidation sites excluding steroid dienone is 2. The van der Waals surface area contributed by atoms with Gasteiger partial charge in [-0.3, -0.25) is 14.9 Å². The van der Waals surface area contributed by atoms with E-state index in [2.05, 4.69) is 10.6 Å². The van der Waals surface area contributed by atoms with Gasteiger partial charge < -0.3 is 30.1 Å². The Bertz CT molecular complexity index is 1850. The highest BCUT2D eigenvalue weighted by molar-refractivity contribution is 6.09. The minimum absolute atomic E-state index is 0.0161. The molecule has 5 N–H and O–H groups in total. The van der Waals surface area contributed by atoms with E-state index < -0.39 is 17.4 Å². The molecule has 3 atom stereocenters. The lowest BCUT2D eigenvalue weighted by Crippen LogP contribution is -2.47. The molecule has 0 radical (unpaired) electrons. The number of anilines is 1. The Morgan fingerprint density at radius 3 is 2.33 bits per heavy atom. The normalized spacial score (nSPS) is 20.8. The molecule has 1 fully saturated rings. The number of nitrogens with one attached hydrogen (secondary N) is 2. The van der Waals surface area contributed by atoms with Gasteiger partial charge in [0.15, 0.2) is 28.8 Å². The lowest BCUT2D eigenvalue weighted by Gasteiger charge is -2.32. The number of amides is 1. The number of rotatable bonds is 8. The number of ketones is 1. The van der Waals surface area contributed by atoms with Crippen molar-refractivity contribution in [3.8, 4) is 34.1 Å². The molecule has 45 heavy (non-hydrogen) atoms. The number of aliphatic hydroxyl groups excluding tert-OH is 1. The Kier molecular flexibility index (Phi) is 7.78. The average molecular weight is 605 g/mol. The van der Waals surface area contributed by atoms with Gasteiger partial charge in [0.05, 0.1) is 14.2 Å². The molecule has 0 bridgehead atoms. The lowest BCUT2D eigenvalue weighted by atomic mass is 9.71. The summed E-state index contributed by atoms with van der Waals surface area (Å²) in [5, 5.41) is 37.3. The molecule has 6 rings (SSSR count). The molecule has 0 saturated carbocycles. The first kappa shape index (κ1) is 29.5. The zero-order valence-corrected chi connectivity index (χ0v) is 24.7. The summed E-state index contributed by atoms with van der Waals surface area (Å²) in [4.78, 5) is 27.9. The second-order valence-corrected chi connectivity index (χ2v) is 11.0. The molecular formula is C36H32N2O7. The molecule has 4 aromatic rings. The van der Waals surface area contributed by atoms with Gasteiger partial charge in [-0.15, -0.1) is 0 Å². The van der Waals surface area contributed by atoms with Crippen molar-refractivity contribution in [2.24, 2.45) is 5.92 Å². The fourth-order valence-electron chi connectivity index (χ4n) is 6.33. The minimum Gasteiger partial charge on any atom is -0.508 e. The number of aliphatic hydroxyl groups is 1. The number of carbonyl (C=O) groups is 2. The van der Waals surface area contributed by atoms with Crippen LogP contribution >= 0.6 is 0 Å². The molecule has 2 aliphatic rings. The van der Waals surface area contributed by atoms with Crippen LogP contribution in [-0.2, 0) is 15.1 Å². The molecule has 1 saturated heterocycles. The van der Waals surface area contributed by atoms with E-state index in [1.807, 2.05) is 48.5 Å². The molecule has 2 heterocycles. The molecule has 1 spiro atoms. The minimum atomic E-state index is -1.32. The molecule has 2 aliphatic heterocycles. The first-order valence-electron chi connectivity index (χ1n) is 14.4. The third kappa shape index (κ3) is 5.27. The number of aromatic hydroxyl groups is 2. The van der Waals surface area contributed by atoms with Crippen LogP contribution in [0.25, 0.3) is 17.2 Å². The molecule has 0 aliphatic carbocycles. The van der Waals surface area contributed by atoms with Crippen molar-refractivity contribution >= 4 is 23.5 Å². The van der Waals surface area contributed by atoms with Gasteiger partial charge in [-0.2, -0.15) is 0 Å². The van der Waals surface area contributed by atoms with Crippen LogP contribution in [0.4, 0.5) is 5.69 Å². The van der Waals surface area contributed by atoms with Crippen molar-refractivity contribution in [1.29, 1.82) is 0 Å². The van der Waals surface area contributed by atoms with Gasteiger partial charge in [0.25, 0.3) is 0 Å². The van der Waals surface area contributed by atoms with Crippen LogP contribution in [0.2, 0.25) is 0 Å². The number of ether oxygens (including phenoxy) is 2. The maximum atomic E-state index is 14.0. The number of hydrogen-bond donors (Lipinski definition) is 5. The van der Waals surface area contributed by atoms with E-state index in [1.165, 1.54) is 32.4 Å². The van der Waals surface area contributed by atoms with Crippen molar-refractivity contribution in [2.45, 2.75) is 11.5 Å². The smallest absolute Gasteiger partial charge is 0.250 e. The zero-order chi connectivity index (χ0) is 31.7. The van der Waals surface area contributed by atoms with E-state index in [-0.39, 0.29) is 47.0 Å². The third-order valence-electron chi connectivity index (χ3n) is 8.50. The van der Waals surface area contributed by atoms with E-state index in [0.717, 1.165) is 17.2 Å². The van der Waals surface area contributed by atoms with Crippen LogP contribution in [0, 0.1) is 5.92 Å². The molecule has 228 valence electrons. The van der Waals surface area contributed by atoms with Crippen molar-refractivity contribution in [3.05, 3.63) is 120 Å². The second kappa shape index (κ2) is 11.9. The molecular weight excluding hydrogens is 572 g/mol. The summed E-state index contributed by atoms with van der Waals surface area (Å²) in [7, 11) is 2.87. The van der Waals surface area contributed by atoms with Crippen LogP contribution in [-0.4, -0.2) is 47.8 Å². The Morgan fingerprint density at radius 2 is 1.60 bits per heavy atom. The fourth-order valence-corrected chi connectivity index (χ4v) is 6.33. The largest absolute Gasteiger partial charge is 0.508 e. The van der Waals surface area contributed by atoms with Crippen molar-refractivity contribution in [1.82, 2.24) is 5.32 Å². The maximum Gasteiger partial charge on any atom is 0.250 e. The monoisotopic (exact) mass is 604 g/mol. The number of carbonyl (C=O) groups excluding carboxylic acids is 2. The van der Waals surface area contributed by atoms with Gasteiger partial charge in [-0.25, -0.2) is 0 Å². The second-order valence-electron chi connectivity index (χ2n) is 11.0. The van der Waals surface area contributed by atoms with Crippen molar-refractivity contribution in [3.63, 3.8) is 0 Å². The Labute approximate surface area is 260 Å². The van der Waals surface area contributed by atoms with Gasteiger partial charge >= 0.3 is 0 Å². The van der Waals surface area contributed by atoms with E-state index in [9.17, 15) is 24.9 Å². The van der Waals surface area contributed by atoms with Crippen molar-refractivity contribution < 1.29 is 34.4 Å². The predicted octanol–water partition coefficient (Wildman–Crippen LogP) is 5.66. The standard InChI is InChI=1S/C36H32N2O7/c1-44-32-16-21(9-14-29(32)40)8-12-25(39)19-31(42)26-20-37-36(34(26)24-11-15-30(41)33(18-24)45-2)27-17-23(22-6-4-3-5-7-22)10-13-28(27)38-35(36)43/h3-19,26,34,37,39-41H,20H2,1-2H3,(H,38,43). The first-order valence-corrected chi connectivity index (χ1v) is 14.4. The van der Waals surface area contributed by atoms with E-state index in [0.29, 0.717) is 22.4 Å². The number of phenols is 2. The summed E-state index contributed by atoms with van der Waals surface area (Å²) in [6, 6.07) is 25.1. The third-order valence-corrected chi connectivity index (χ3v) is 8.50. The maximum absolute atomic E-state index is 14.0. The summed E-state index contributed by atoms with van der Waals surface area (Å²) in [5.41, 5.74) is 3.18. The Morgan fingerprint density at radius 1 is 0.889 bits per heavy atom. The summed E-state index contributed by atoms with van der Waals surface area (Å²) >= 11 is 0. The summed E-state index contributed by atoms with van der Waals surface area (Å²) in [6.07, 6.45) is 4.12.